The van der Waals surface area contributed by atoms with Crippen LogP contribution >= 0.6 is 22.9 Å². The number of halogens is 2. The third kappa shape index (κ3) is 4.04. The Balaban J connectivity index is 1.72. The molecule has 0 unspecified atom stereocenters. The van der Waals surface area contributed by atoms with Crippen LogP contribution in [0.15, 0.2) is 65.0 Å². The summed E-state index contributed by atoms with van der Waals surface area (Å²) >= 11 is 7.25. The van der Waals surface area contributed by atoms with Gasteiger partial charge in [-0.3, -0.25) is 9.10 Å². The van der Waals surface area contributed by atoms with Crippen LogP contribution in [0.25, 0.3) is 0 Å². The number of fused-ring (bicyclic) bond motifs is 1. The Morgan fingerprint density at radius 1 is 1.23 bits per heavy atom. The maximum atomic E-state index is 13.6. The number of benzene rings is 2. The topological polar surface area (TPSA) is 75.7 Å². The molecular formula is C21H16ClFN2O4S2. The summed E-state index contributed by atoms with van der Waals surface area (Å²) in [5.41, 5.74) is 1.23. The normalized spacial score (nSPS) is 16.3. The Bertz CT molecular complexity index is 1300. The summed E-state index contributed by atoms with van der Waals surface area (Å²) in [5.74, 6) is -0.610. The van der Waals surface area contributed by atoms with Gasteiger partial charge < -0.3 is 10.1 Å². The summed E-state index contributed by atoms with van der Waals surface area (Å²) in [6.45, 7) is -0.108. The Labute approximate surface area is 187 Å². The zero-order valence-electron chi connectivity index (χ0n) is 16.1. The van der Waals surface area contributed by atoms with Gasteiger partial charge in [0.15, 0.2) is 4.91 Å². The molecule has 4 rings (SSSR count). The second-order valence-corrected chi connectivity index (χ2v) is 9.76. The van der Waals surface area contributed by atoms with Crippen LogP contribution in [0.4, 0.5) is 15.8 Å². The first kappa shape index (κ1) is 21.4. The second kappa shape index (κ2) is 8.33. The van der Waals surface area contributed by atoms with Gasteiger partial charge in [-0.05, 0) is 47.3 Å². The lowest BCUT2D eigenvalue weighted by Gasteiger charge is -2.29. The number of Topliss-reactive ketones (excluding diaryl/α,β-unsaturated/α-hetero) is 1. The van der Waals surface area contributed by atoms with Gasteiger partial charge in [0.2, 0.25) is 5.78 Å². The Kier molecular flexibility index (Phi) is 5.74. The number of methoxy groups -OCH3 is 1. The lowest BCUT2D eigenvalue weighted by atomic mass is 10.2. The molecule has 160 valence electrons. The summed E-state index contributed by atoms with van der Waals surface area (Å²) in [5, 5.41) is 4.80. The molecule has 0 amide bonds. The highest BCUT2D eigenvalue weighted by atomic mass is 35.5. The van der Waals surface area contributed by atoms with Crippen molar-refractivity contribution in [3.63, 3.8) is 0 Å². The molecule has 1 aromatic heterocycles. The van der Waals surface area contributed by atoms with E-state index < -0.39 is 26.5 Å². The Hall–Kier alpha value is -2.88. The summed E-state index contributed by atoms with van der Waals surface area (Å²) in [6.07, 6.45) is 1.15. The number of thiophene rings is 1. The summed E-state index contributed by atoms with van der Waals surface area (Å²) in [6, 6.07) is 12.1. The highest BCUT2D eigenvalue weighted by Crippen LogP contribution is 2.39. The number of carbonyl (C=O) groups is 1. The van der Waals surface area contributed by atoms with Crippen molar-refractivity contribution in [3.05, 3.63) is 86.3 Å². The van der Waals surface area contributed by atoms with Gasteiger partial charge in [0, 0.05) is 11.9 Å². The van der Waals surface area contributed by atoms with Gasteiger partial charge in [0.1, 0.15) is 16.4 Å². The van der Waals surface area contributed by atoms with Crippen LogP contribution in [0, 0.1) is 5.82 Å². The van der Waals surface area contributed by atoms with Crippen molar-refractivity contribution in [1.29, 1.82) is 0 Å². The summed E-state index contributed by atoms with van der Waals surface area (Å²) < 4.78 is 46.5. The summed E-state index contributed by atoms with van der Waals surface area (Å²) in [4.78, 5) is 12.8. The first-order valence-corrected chi connectivity index (χ1v) is 11.7. The number of nitrogens with zero attached hydrogens (tertiary/aromatic N) is 1. The minimum atomic E-state index is -4.19. The van der Waals surface area contributed by atoms with Crippen LogP contribution in [-0.2, 0) is 16.6 Å². The number of nitrogens with one attached hydrogen (secondary N) is 1. The van der Waals surface area contributed by atoms with Crippen LogP contribution in [-0.4, -0.2) is 21.3 Å². The van der Waals surface area contributed by atoms with Gasteiger partial charge in [-0.15, -0.1) is 11.3 Å². The monoisotopic (exact) mass is 478 g/mol. The second-order valence-electron chi connectivity index (χ2n) is 6.61. The number of allylic oxidation sites excluding steroid dienone is 1. The number of carbonyl (C=O) groups excluding carboxylic acids is 1. The highest BCUT2D eigenvalue weighted by Gasteiger charge is 2.41. The van der Waals surface area contributed by atoms with Gasteiger partial charge in [0.05, 0.1) is 24.4 Å². The van der Waals surface area contributed by atoms with Crippen molar-refractivity contribution in [2.24, 2.45) is 0 Å². The molecule has 0 atom stereocenters. The molecule has 0 bridgehead atoms. The molecule has 2 heterocycles. The largest absolute Gasteiger partial charge is 0.495 e. The first-order valence-electron chi connectivity index (χ1n) is 9.01. The van der Waals surface area contributed by atoms with Crippen molar-refractivity contribution in [2.45, 2.75) is 6.54 Å². The first-order chi connectivity index (χ1) is 14.8. The molecule has 0 saturated carbocycles. The molecule has 2 aromatic carbocycles. The average Bonchev–Trinajstić information content (AvgIpc) is 3.21. The number of rotatable bonds is 5. The van der Waals surface area contributed by atoms with Crippen LogP contribution in [0.1, 0.15) is 15.2 Å². The fourth-order valence-corrected chi connectivity index (χ4v) is 5.90. The van der Waals surface area contributed by atoms with E-state index in [0.717, 1.165) is 21.8 Å². The lowest BCUT2D eigenvalue weighted by molar-refractivity contribution is 0.104. The van der Waals surface area contributed by atoms with Gasteiger partial charge in [0.25, 0.3) is 10.0 Å². The predicted molar refractivity (Wildman–Crippen MR) is 120 cm³/mol. The number of sulfonamides is 1. The molecule has 0 radical (unpaired) electrons. The fourth-order valence-electron chi connectivity index (χ4n) is 3.16. The Morgan fingerprint density at radius 2 is 2.03 bits per heavy atom. The van der Waals surface area contributed by atoms with Gasteiger partial charge in [-0.1, -0.05) is 23.7 Å². The molecule has 31 heavy (non-hydrogen) atoms. The average molecular weight is 479 g/mol. The molecule has 3 aromatic rings. The number of ketones is 1. The lowest BCUT2D eigenvalue weighted by Crippen LogP contribution is -2.38. The van der Waals surface area contributed by atoms with Gasteiger partial charge >= 0.3 is 0 Å². The Morgan fingerprint density at radius 3 is 2.74 bits per heavy atom. The predicted octanol–water partition coefficient (Wildman–Crippen LogP) is 5.04. The minimum absolute atomic E-state index is 0.108. The van der Waals surface area contributed by atoms with E-state index >= 15 is 0 Å². The van der Waals surface area contributed by atoms with E-state index in [-0.39, 0.29) is 12.2 Å². The molecule has 1 aliphatic heterocycles. The maximum absolute atomic E-state index is 13.6. The molecule has 6 nitrogen and oxygen atoms in total. The van der Waals surface area contributed by atoms with Crippen molar-refractivity contribution in [1.82, 2.24) is 0 Å². The smallest absolute Gasteiger partial charge is 0.270 e. The molecule has 0 fully saturated rings. The van der Waals surface area contributed by atoms with E-state index in [1.807, 2.05) is 0 Å². The minimum Gasteiger partial charge on any atom is -0.495 e. The highest BCUT2D eigenvalue weighted by molar-refractivity contribution is 7.97. The fraction of sp³-hybridized carbons (Fsp3) is 0.0952. The maximum Gasteiger partial charge on any atom is 0.270 e. The van der Waals surface area contributed by atoms with E-state index in [1.54, 1.807) is 35.7 Å². The molecule has 10 heteroatoms. The molecular weight excluding hydrogens is 463 g/mol. The molecule has 1 N–H and O–H groups in total. The van der Waals surface area contributed by atoms with E-state index in [1.165, 1.54) is 25.3 Å². The van der Waals surface area contributed by atoms with E-state index in [9.17, 15) is 17.6 Å². The standard InChI is InChI=1S/C21H16ClFN2O4S2/c1-29-18-6-5-15(10-16(18)22)24-11-19-20(26)21-17(7-8-30-21)25(31(19,27)28)12-13-3-2-4-14(23)9-13/h2-11,24H,12H2,1H3. The number of hydrogen-bond donors (Lipinski definition) is 1. The van der Waals surface area contributed by atoms with Crippen LogP contribution in [0.2, 0.25) is 5.02 Å². The third-order valence-electron chi connectivity index (χ3n) is 4.65. The van der Waals surface area contributed by atoms with Crippen LogP contribution in [0.5, 0.6) is 5.75 Å². The number of anilines is 2. The van der Waals surface area contributed by atoms with E-state index in [2.05, 4.69) is 5.32 Å². The number of ether oxygens (including phenoxy) is 1. The SMILES string of the molecule is COc1ccc(NC=C2C(=O)c3sccc3N(Cc3cccc(F)c3)S2(=O)=O)cc1Cl. The van der Waals surface area contributed by atoms with Crippen LogP contribution in [0.3, 0.4) is 0 Å². The quantitative estimate of drug-likeness (QED) is 0.520. The third-order valence-corrected chi connectivity index (χ3v) is 7.61. The van der Waals surface area contributed by atoms with Gasteiger partial charge in [-0.2, -0.15) is 0 Å². The zero-order valence-corrected chi connectivity index (χ0v) is 18.5. The van der Waals surface area contributed by atoms with Crippen molar-refractivity contribution < 1.29 is 22.3 Å². The van der Waals surface area contributed by atoms with Crippen molar-refractivity contribution in [3.8, 4) is 5.75 Å². The van der Waals surface area contributed by atoms with Crippen molar-refractivity contribution in [2.75, 3.05) is 16.7 Å². The zero-order chi connectivity index (χ0) is 22.2. The molecule has 0 aliphatic carbocycles. The van der Waals surface area contributed by atoms with E-state index in [0.29, 0.717) is 26.9 Å². The van der Waals surface area contributed by atoms with Gasteiger partial charge in [-0.25, -0.2) is 12.8 Å². The van der Waals surface area contributed by atoms with Crippen LogP contribution < -0.4 is 14.4 Å². The molecule has 0 spiro atoms. The summed E-state index contributed by atoms with van der Waals surface area (Å²) in [7, 11) is -2.71. The molecule has 1 aliphatic rings. The van der Waals surface area contributed by atoms with Crippen molar-refractivity contribution >= 4 is 50.1 Å². The molecule has 0 saturated heterocycles. The number of hydrogen-bond acceptors (Lipinski definition) is 6. The van der Waals surface area contributed by atoms with E-state index in [4.69, 9.17) is 16.3 Å².